The van der Waals surface area contributed by atoms with Crippen LogP contribution >= 0.6 is 0 Å². The van der Waals surface area contributed by atoms with Crippen molar-refractivity contribution in [1.82, 2.24) is 0 Å². The normalized spacial score (nSPS) is 9.70. The Kier molecular flexibility index (Phi) is 5.32. The monoisotopic (exact) mass is 272 g/mol. The molecule has 0 saturated heterocycles. The molecule has 0 radical (unpaired) electrons. The van der Waals surface area contributed by atoms with E-state index in [1.807, 2.05) is 13.0 Å². The molecule has 1 N–H and O–H groups in total. The number of carbonyl (C=O) groups is 1. The number of ether oxygens (including phenoxy) is 1. The van der Waals surface area contributed by atoms with Gasteiger partial charge in [-0.15, -0.1) is 0 Å². The number of carbonyl (C=O) groups excluding carboxylic acids is 1. The average Bonchev–Trinajstić information content (AvgIpc) is 2.47. The highest BCUT2D eigenvalue weighted by Gasteiger charge is 2.18. The molecule has 0 amide bonds. The zero-order chi connectivity index (χ0) is 13.8. The lowest BCUT2D eigenvalue weighted by Gasteiger charge is -2.12. The molecule has 2 rings (SSSR count). The Balaban J connectivity index is 0.00000200. The molecule has 0 atom stereocenters. The summed E-state index contributed by atoms with van der Waals surface area (Å²) in [5.74, 6) is 0.427. The van der Waals surface area contributed by atoms with Crippen molar-refractivity contribution < 1.29 is 14.6 Å². The molecule has 3 nitrogen and oxygen atoms in total. The van der Waals surface area contributed by atoms with Gasteiger partial charge in [-0.1, -0.05) is 44.7 Å². The van der Waals surface area contributed by atoms with Gasteiger partial charge >= 0.3 is 0 Å². The Labute approximate surface area is 119 Å². The quantitative estimate of drug-likeness (QED) is 0.860. The number of hydrogen-bond acceptors (Lipinski definition) is 3. The second-order valence-electron chi connectivity index (χ2n) is 4.19. The van der Waals surface area contributed by atoms with E-state index in [0.29, 0.717) is 28.9 Å². The van der Waals surface area contributed by atoms with Gasteiger partial charge in [0.05, 0.1) is 12.7 Å². The van der Waals surface area contributed by atoms with Crippen LogP contribution in [0, 0.1) is 0 Å². The maximum Gasteiger partial charge on any atom is 0.196 e. The zero-order valence-electron chi connectivity index (χ0n) is 11.0. The van der Waals surface area contributed by atoms with E-state index in [4.69, 9.17) is 4.74 Å². The number of methoxy groups -OCH3 is 1. The number of rotatable bonds is 4. The molecule has 3 heteroatoms. The molecule has 106 valence electrons. The van der Waals surface area contributed by atoms with Gasteiger partial charge in [-0.2, -0.15) is 0 Å². The second kappa shape index (κ2) is 6.75. The Bertz CT molecular complexity index is 589. The van der Waals surface area contributed by atoms with Crippen LogP contribution in [0.3, 0.4) is 0 Å². The summed E-state index contributed by atoms with van der Waals surface area (Å²) >= 11 is 0. The maximum absolute atomic E-state index is 12.3. The fourth-order valence-corrected chi connectivity index (χ4v) is 2.08. The summed E-state index contributed by atoms with van der Waals surface area (Å²) < 4.78 is 5.19. The highest BCUT2D eigenvalue weighted by Crippen LogP contribution is 2.32. The van der Waals surface area contributed by atoms with Crippen molar-refractivity contribution in [2.45, 2.75) is 20.8 Å². The third kappa shape index (κ3) is 2.82. The molecule has 20 heavy (non-hydrogen) atoms. The molecule has 0 aliphatic heterocycles. The van der Waals surface area contributed by atoms with Crippen LogP contribution in [-0.2, 0) is 6.42 Å². The van der Waals surface area contributed by atoms with Gasteiger partial charge in [0.25, 0.3) is 0 Å². The molecule has 0 bridgehead atoms. The molecular formula is C17H20O3. The van der Waals surface area contributed by atoms with Crippen LogP contribution in [0.2, 0.25) is 0 Å². The minimum atomic E-state index is -0.185. The number of phenolic OH excluding ortho intramolecular Hbond substituents is 1. The van der Waals surface area contributed by atoms with Gasteiger partial charge in [0.2, 0.25) is 0 Å². The van der Waals surface area contributed by atoms with Crippen LogP contribution in [0.4, 0.5) is 0 Å². The summed E-state index contributed by atoms with van der Waals surface area (Å²) in [6.45, 7) is 1.91. The molecular weight excluding hydrogens is 252 g/mol. The van der Waals surface area contributed by atoms with Crippen molar-refractivity contribution in [3.8, 4) is 11.5 Å². The molecule has 2 aromatic rings. The molecule has 0 spiro atoms. The molecule has 0 aliphatic carbocycles. The predicted octanol–water partition coefficient (Wildman–Crippen LogP) is 3.83. The van der Waals surface area contributed by atoms with Crippen LogP contribution in [0.25, 0.3) is 0 Å². The molecule has 0 aromatic heterocycles. The largest absolute Gasteiger partial charge is 0.507 e. The summed E-state index contributed by atoms with van der Waals surface area (Å²) in [6, 6.07) is 12.2. The van der Waals surface area contributed by atoms with Crippen molar-refractivity contribution >= 4 is 5.78 Å². The Hall–Kier alpha value is -2.29. The topological polar surface area (TPSA) is 46.5 Å². The SMILES string of the molecule is C.CCc1c(OC)ccc(C(=O)c2ccccc2)c1O. The first-order valence-electron chi connectivity index (χ1n) is 6.17. The van der Waals surface area contributed by atoms with E-state index in [1.54, 1.807) is 43.5 Å². The third-order valence-corrected chi connectivity index (χ3v) is 3.09. The van der Waals surface area contributed by atoms with Crippen LogP contribution in [0.1, 0.15) is 35.8 Å². The van der Waals surface area contributed by atoms with Gasteiger partial charge in [0.15, 0.2) is 5.78 Å². The summed E-state index contributed by atoms with van der Waals surface area (Å²) in [6.07, 6.45) is 0.602. The minimum absolute atomic E-state index is 0. The van der Waals surface area contributed by atoms with Crippen molar-refractivity contribution in [2.75, 3.05) is 7.11 Å². The van der Waals surface area contributed by atoms with Gasteiger partial charge in [-0.05, 0) is 18.6 Å². The molecule has 0 fully saturated rings. The van der Waals surface area contributed by atoms with Crippen LogP contribution in [0.5, 0.6) is 11.5 Å². The molecule has 0 heterocycles. The van der Waals surface area contributed by atoms with Gasteiger partial charge in [0, 0.05) is 11.1 Å². The van der Waals surface area contributed by atoms with Crippen LogP contribution in [0.15, 0.2) is 42.5 Å². The fourth-order valence-electron chi connectivity index (χ4n) is 2.08. The highest BCUT2D eigenvalue weighted by molar-refractivity contribution is 6.11. The number of hydrogen-bond donors (Lipinski definition) is 1. The summed E-state index contributed by atoms with van der Waals surface area (Å²) in [7, 11) is 1.55. The molecule has 0 saturated carbocycles. The van der Waals surface area contributed by atoms with E-state index in [1.165, 1.54) is 0 Å². The smallest absolute Gasteiger partial charge is 0.196 e. The lowest BCUT2D eigenvalue weighted by atomic mass is 9.98. The lowest BCUT2D eigenvalue weighted by Crippen LogP contribution is -2.03. The van der Waals surface area contributed by atoms with Crippen LogP contribution < -0.4 is 4.74 Å². The van der Waals surface area contributed by atoms with Gasteiger partial charge in [-0.25, -0.2) is 0 Å². The predicted molar refractivity (Wildman–Crippen MR) is 80.6 cm³/mol. The first-order valence-corrected chi connectivity index (χ1v) is 6.17. The van der Waals surface area contributed by atoms with Gasteiger partial charge in [-0.3, -0.25) is 4.79 Å². The summed E-state index contributed by atoms with van der Waals surface area (Å²) in [4.78, 5) is 12.3. The number of ketones is 1. The maximum atomic E-state index is 12.3. The third-order valence-electron chi connectivity index (χ3n) is 3.09. The standard InChI is InChI=1S/C16H16O3.CH4/c1-3-12-14(19-2)10-9-13(16(12)18)15(17)11-7-5-4-6-8-11;/h4-10,18H,3H2,1-2H3;1H4. The van der Waals surface area contributed by atoms with Crippen LogP contribution in [-0.4, -0.2) is 18.0 Å². The van der Waals surface area contributed by atoms with Gasteiger partial charge in [0.1, 0.15) is 11.5 Å². The van der Waals surface area contributed by atoms with Crippen molar-refractivity contribution in [2.24, 2.45) is 0 Å². The Morgan fingerprint density at radius 1 is 1.15 bits per heavy atom. The molecule has 0 unspecified atom stereocenters. The highest BCUT2D eigenvalue weighted by atomic mass is 16.5. The summed E-state index contributed by atoms with van der Waals surface area (Å²) in [5, 5.41) is 10.2. The Morgan fingerprint density at radius 3 is 2.35 bits per heavy atom. The molecule has 0 aliphatic rings. The van der Waals surface area contributed by atoms with E-state index in [-0.39, 0.29) is 19.0 Å². The van der Waals surface area contributed by atoms with Crippen molar-refractivity contribution in [1.29, 1.82) is 0 Å². The second-order valence-corrected chi connectivity index (χ2v) is 4.19. The van der Waals surface area contributed by atoms with E-state index in [2.05, 4.69) is 0 Å². The minimum Gasteiger partial charge on any atom is -0.507 e. The number of phenols is 1. The zero-order valence-corrected chi connectivity index (χ0v) is 11.0. The van der Waals surface area contributed by atoms with Crippen molar-refractivity contribution in [3.05, 3.63) is 59.2 Å². The summed E-state index contributed by atoms with van der Waals surface area (Å²) in [5.41, 5.74) is 1.53. The number of aromatic hydroxyl groups is 1. The van der Waals surface area contributed by atoms with E-state index in [9.17, 15) is 9.90 Å². The van der Waals surface area contributed by atoms with E-state index < -0.39 is 0 Å². The van der Waals surface area contributed by atoms with Crippen molar-refractivity contribution in [3.63, 3.8) is 0 Å². The first kappa shape index (κ1) is 15.8. The number of benzene rings is 2. The molecule has 2 aromatic carbocycles. The van der Waals surface area contributed by atoms with E-state index >= 15 is 0 Å². The van der Waals surface area contributed by atoms with E-state index in [0.717, 1.165) is 0 Å². The fraction of sp³-hybridized carbons (Fsp3) is 0.235. The average molecular weight is 272 g/mol. The lowest BCUT2D eigenvalue weighted by molar-refractivity contribution is 0.103. The van der Waals surface area contributed by atoms with Gasteiger partial charge < -0.3 is 9.84 Å². The Morgan fingerprint density at radius 2 is 1.80 bits per heavy atom. The first-order chi connectivity index (χ1) is 9.19.